The monoisotopic (exact) mass is 206 g/mol. The Hall–Kier alpha value is -1.65. The molecule has 0 spiro atoms. The van der Waals surface area contributed by atoms with Gasteiger partial charge in [0, 0.05) is 31.4 Å². The molecule has 1 aliphatic rings. The number of aromatic nitrogens is 2. The van der Waals surface area contributed by atoms with E-state index in [1.54, 1.807) is 12.4 Å². The standard InChI is InChI=1S/C10H14N4O/c1-7-10(12-5-4-11-7)14-8-2-3-9(15)13-6-8/h4-5,8H,2-3,6H2,1H3,(H,12,14)(H,13,15). The lowest BCUT2D eigenvalue weighted by Crippen LogP contribution is -2.42. The first kappa shape index (κ1) is 9.89. The van der Waals surface area contributed by atoms with Gasteiger partial charge in [-0.2, -0.15) is 0 Å². The summed E-state index contributed by atoms with van der Waals surface area (Å²) in [6.07, 6.45) is 4.76. The average Bonchev–Trinajstić information content (AvgIpc) is 2.25. The number of carbonyl (C=O) groups excluding carboxylic acids is 1. The second-order valence-corrected chi connectivity index (χ2v) is 3.67. The fourth-order valence-electron chi connectivity index (χ4n) is 1.60. The zero-order chi connectivity index (χ0) is 10.7. The second kappa shape index (κ2) is 4.25. The van der Waals surface area contributed by atoms with Gasteiger partial charge in [0.15, 0.2) is 0 Å². The molecule has 1 saturated heterocycles. The van der Waals surface area contributed by atoms with E-state index < -0.39 is 0 Å². The van der Waals surface area contributed by atoms with E-state index in [4.69, 9.17) is 0 Å². The van der Waals surface area contributed by atoms with E-state index in [0.717, 1.165) is 17.9 Å². The molecule has 0 aliphatic carbocycles. The third-order valence-corrected chi connectivity index (χ3v) is 2.49. The Balaban J connectivity index is 1.97. The van der Waals surface area contributed by atoms with Crippen LogP contribution in [0.5, 0.6) is 0 Å². The van der Waals surface area contributed by atoms with Crippen LogP contribution < -0.4 is 10.6 Å². The van der Waals surface area contributed by atoms with Crippen molar-refractivity contribution in [3.63, 3.8) is 0 Å². The number of rotatable bonds is 2. The summed E-state index contributed by atoms with van der Waals surface area (Å²) >= 11 is 0. The van der Waals surface area contributed by atoms with E-state index in [9.17, 15) is 4.79 Å². The molecule has 1 amide bonds. The molecule has 1 aliphatic heterocycles. The van der Waals surface area contributed by atoms with Crippen LogP contribution in [0.4, 0.5) is 5.82 Å². The van der Waals surface area contributed by atoms with Crippen LogP contribution in [-0.4, -0.2) is 28.5 Å². The second-order valence-electron chi connectivity index (χ2n) is 3.67. The predicted molar refractivity (Wildman–Crippen MR) is 56.4 cm³/mol. The van der Waals surface area contributed by atoms with Crippen molar-refractivity contribution in [1.29, 1.82) is 0 Å². The van der Waals surface area contributed by atoms with Crippen molar-refractivity contribution in [3.05, 3.63) is 18.1 Å². The summed E-state index contributed by atoms with van der Waals surface area (Å²) in [6, 6.07) is 0.262. The number of anilines is 1. The van der Waals surface area contributed by atoms with Gasteiger partial charge in [-0.3, -0.25) is 9.78 Å². The topological polar surface area (TPSA) is 66.9 Å². The van der Waals surface area contributed by atoms with Crippen molar-refractivity contribution in [2.24, 2.45) is 0 Å². The molecular formula is C10H14N4O. The molecular weight excluding hydrogens is 192 g/mol. The maximum Gasteiger partial charge on any atom is 0.220 e. The Bertz CT molecular complexity index is 356. The van der Waals surface area contributed by atoms with Crippen molar-refractivity contribution >= 4 is 11.7 Å². The molecule has 5 nitrogen and oxygen atoms in total. The van der Waals surface area contributed by atoms with E-state index in [1.807, 2.05) is 6.92 Å². The number of carbonyl (C=O) groups is 1. The molecule has 0 bridgehead atoms. The highest BCUT2D eigenvalue weighted by atomic mass is 16.1. The SMILES string of the molecule is Cc1nccnc1NC1CCC(=O)NC1. The minimum absolute atomic E-state index is 0.129. The average molecular weight is 206 g/mol. The Kier molecular flexibility index (Phi) is 2.80. The summed E-state index contributed by atoms with van der Waals surface area (Å²) in [6.45, 7) is 2.57. The van der Waals surface area contributed by atoms with Gasteiger partial charge < -0.3 is 10.6 Å². The van der Waals surface area contributed by atoms with Gasteiger partial charge in [-0.05, 0) is 13.3 Å². The normalized spacial score (nSPS) is 20.9. The zero-order valence-electron chi connectivity index (χ0n) is 8.66. The number of hydrogen-bond donors (Lipinski definition) is 2. The molecule has 15 heavy (non-hydrogen) atoms. The first-order valence-corrected chi connectivity index (χ1v) is 5.06. The lowest BCUT2D eigenvalue weighted by atomic mass is 10.1. The van der Waals surface area contributed by atoms with Gasteiger partial charge in [-0.25, -0.2) is 4.98 Å². The Morgan fingerprint density at radius 1 is 1.47 bits per heavy atom. The summed E-state index contributed by atoms with van der Waals surface area (Å²) in [7, 11) is 0. The Morgan fingerprint density at radius 3 is 2.93 bits per heavy atom. The summed E-state index contributed by atoms with van der Waals surface area (Å²) in [5, 5.41) is 6.10. The van der Waals surface area contributed by atoms with Crippen LogP contribution in [-0.2, 0) is 4.79 Å². The van der Waals surface area contributed by atoms with Gasteiger partial charge in [-0.1, -0.05) is 0 Å². The minimum Gasteiger partial charge on any atom is -0.364 e. The first-order chi connectivity index (χ1) is 7.25. The van der Waals surface area contributed by atoms with Gasteiger partial charge in [0.25, 0.3) is 0 Å². The molecule has 1 aromatic rings. The van der Waals surface area contributed by atoms with Crippen molar-refractivity contribution in [1.82, 2.24) is 15.3 Å². The highest BCUT2D eigenvalue weighted by Crippen LogP contribution is 2.12. The molecule has 1 unspecified atom stereocenters. The Labute approximate surface area is 88.3 Å². The highest BCUT2D eigenvalue weighted by molar-refractivity contribution is 5.76. The molecule has 0 radical (unpaired) electrons. The number of piperidine rings is 1. The summed E-state index contributed by atoms with van der Waals surface area (Å²) < 4.78 is 0. The molecule has 2 heterocycles. The molecule has 0 aromatic carbocycles. The van der Waals surface area contributed by atoms with Crippen LogP contribution in [0, 0.1) is 6.92 Å². The molecule has 5 heteroatoms. The van der Waals surface area contributed by atoms with E-state index in [2.05, 4.69) is 20.6 Å². The quantitative estimate of drug-likeness (QED) is 0.738. The van der Waals surface area contributed by atoms with Gasteiger partial charge in [0.1, 0.15) is 5.82 Å². The molecule has 2 rings (SSSR count). The van der Waals surface area contributed by atoms with Gasteiger partial charge >= 0.3 is 0 Å². The van der Waals surface area contributed by atoms with Crippen LogP contribution >= 0.6 is 0 Å². The Morgan fingerprint density at radius 2 is 2.27 bits per heavy atom. The van der Waals surface area contributed by atoms with Gasteiger partial charge in [0.2, 0.25) is 5.91 Å². The van der Waals surface area contributed by atoms with E-state index in [-0.39, 0.29) is 11.9 Å². The van der Waals surface area contributed by atoms with E-state index >= 15 is 0 Å². The smallest absolute Gasteiger partial charge is 0.220 e. The van der Waals surface area contributed by atoms with Crippen LogP contribution in [0.1, 0.15) is 18.5 Å². The lowest BCUT2D eigenvalue weighted by Gasteiger charge is -2.24. The largest absolute Gasteiger partial charge is 0.364 e. The number of aryl methyl sites for hydroxylation is 1. The van der Waals surface area contributed by atoms with Crippen molar-refractivity contribution in [3.8, 4) is 0 Å². The number of nitrogens with zero attached hydrogens (tertiary/aromatic N) is 2. The molecule has 2 N–H and O–H groups in total. The fourth-order valence-corrected chi connectivity index (χ4v) is 1.60. The molecule has 1 atom stereocenters. The third-order valence-electron chi connectivity index (χ3n) is 2.49. The van der Waals surface area contributed by atoms with Crippen molar-refractivity contribution in [2.45, 2.75) is 25.8 Å². The van der Waals surface area contributed by atoms with Crippen molar-refractivity contribution < 1.29 is 4.79 Å². The van der Waals surface area contributed by atoms with Crippen LogP contribution in [0.25, 0.3) is 0 Å². The first-order valence-electron chi connectivity index (χ1n) is 5.06. The lowest BCUT2D eigenvalue weighted by molar-refractivity contribution is -0.122. The predicted octanol–water partition coefficient (Wildman–Crippen LogP) is 0.476. The van der Waals surface area contributed by atoms with Gasteiger partial charge in [0.05, 0.1) is 5.69 Å². The van der Waals surface area contributed by atoms with Gasteiger partial charge in [-0.15, -0.1) is 0 Å². The zero-order valence-corrected chi connectivity index (χ0v) is 8.66. The van der Waals surface area contributed by atoms with E-state index in [1.165, 1.54) is 0 Å². The molecule has 1 fully saturated rings. The fraction of sp³-hybridized carbons (Fsp3) is 0.500. The maximum atomic E-state index is 11.0. The van der Waals surface area contributed by atoms with E-state index in [0.29, 0.717) is 13.0 Å². The van der Waals surface area contributed by atoms with Crippen LogP contribution in [0.3, 0.4) is 0 Å². The third kappa shape index (κ3) is 2.43. The van der Waals surface area contributed by atoms with Crippen molar-refractivity contribution in [2.75, 3.05) is 11.9 Å². The number of hydrogen-bond acceptors (Lipinski definition) is 4. The van der Waals surface area contributed by atoms with Crippen LogP contribution in [0.15, 0.2) is 12.4 Å². The maximum absolute atomic E-state index is 11.0. The molecule has 1 aromatic heterocycles. The minimum atomic E-state index is 0.129. The molecule has 0 saturated carbocycles. The van der Waals surface area contributed by atoms with Crippen LogP contribution in [0.2, 0.25) is 0 Å². The number of nitrogens with one attached hydrogen (secondary N) is 2. The summed E-state index contributed by atoms with van der Waals surface area (Å²) in [5.41, 5.74) is 0.884. The molecule has 80 valence electrons. The number of amides is 1. The highest BCUT2D eigenvalue weighted by Gasteiger charge is 2.18. The summed E-state index contributed by atoms with van der Waals surface area (Å²) in [4.78, 5) is 19.3. The summed E-state index contributed by atoms with van der Waals surface area (Å²) in [5.74, 6) is 0.933.